The van der Waals surface area contributed by atoms with Gasteiger partial charge < -0.3 is 15.8 Å². The third-order valence-corrected chi connectivity index (χ3v) is 5.35. The second kappa shape index (κ2) is 6.50. The van der Waals surface area contributed by atoms with E-state index in [0.717, 1.165) is 36.3 Å². The lowest BCUT2D eigenvalue weighted by Crippen LogP contribution is -2.57. The molecule has 0 aliphatic heterocycles. The molecular formula is C15H22N2O2S. The SMILES string of the molecule is CNC1(C(N)=O)CCCC(Sc2ccccc2OC)C1. The number of primary amides is 1. The largest absolute Gasteiger partial charge is 0.496 e. The fourth-order valence-corrected chi connectivity index (χ4v) is 4.23. The molecule has 20 heavy (non-hydrogen) atoms. The lowest BCUT2D eigenvalue weighted by molar-refractivity contribution is -0.125. The minimum atomic E-state index is -0.558. The number of thioether (sulfide) groups is 1. The van der Waals surface area contributed by atoms with E-state index in [2.05, 4.69) is 11.4 Å². The normalized spacial score (nSPS) is 26.2. The van der Waals surface area contributed by atoms with E-state index in [1.54, 1.807) is 18.9 Å². The second-order valence-electron chi connectivity index (χ2n) is 5.18. The van der Waals surface area contributed by atoms with Crippen LogP contribution in [0.4, 0.5) is 0 Å². The Morgan fingerprint density at radius 1 is 1.50 bits per heavy atom. The number of ether oxygens (including phenoxy) is 1. The number of hydrogen-bond donors (Lipinski definition) is 2. The van der Waals surface area contributed by atoms with Gasteiger partial charge in [0.05, 0.1) is 12.6 Å². The van der Waals surface area contributed by atoms with Crippen LogP contribution in [-0.4, -0.2) is 30.9 Å². The first-order chi connectivity index (χ1) is 9.61. The number of carbonyl (C=O) groups is 1. The average Bonchev–Trinajstić information content (AvgIpc) is 2.47. The Balaban J connectivity index is 2.12. The summed E-state index contributed by atoms with van der Waals surface area (Å²) in [6.45, 7) is 0. The van der Waals surface area contributed by atoms with Gasteiger partial charge in [0.25, 0.3) is 0 Å². The Morgan fingerprint density at radius 2 is 2.25 bits per heavy atom. The molecule has 2 rings (SSSR count). The Morgan fingerprint density at radius 3 is 2.90 bits per heavy atom. The zero-order chi connectivity index (χ0) is 14.6. The van der Waals surface area contributed by atoms with Crippen molar-refractivity contribution in [3.8, 4) is 5.75 Å². The Kier molecular flexibility index (Phi) is 4.94. The number of methoxy groups -OCH3 is 1. The van der Waals surface area contributed by atoms with E-state index < -0.39 is 5.54 Å². The van der Waals surface area contributed by atoms with Crippen LogP contribution in [0.2, 0.25) is 0 Å². The number of rotatable bonds is 5. The van der Waals surface area contributed by atoms with Gasteiger partial charge in [-0.05, 0) is 44.9 Å². The maximum absolute atomic E-state index is 11.8. The van der Waals surface area contributed by atoms with Gasteiger partial charge in [-0.2, -0.15) is 0 Å². The van der Waals surface area contributed by atoms with Crippen molar-refractivity contribution < 1.29 is 9.53 Å². The summed E-state index contributed by atoms with van der Waals surface area (Å²) in [5, 5.41) is 3.52. The molecule has 5 heteroatoms. The molecule has 1 aliphatic carbocycles. The van der Waals surface area contributed by atoms with Crippen LogP contribution < -0.4 is 15.8 Å². The highest BCUT2D eigenvalue weighted by Crippen LogP contribution is 2.41. The third kappa shape index (κ3) is 3.10. The summed E-state index contributed by atoms with van der Waals surface area (Å²) >= 11 is 1.78. The quantitative estimate of drug-likeness (QED) is 0.873. The van der Waals surface area contributed by atoms with Gasteiger partial charge in [0.1, 0.15) is 5.75 Å². The molecule has 110 valence electrons. The summed E-state index contributed by atoms with van der Waals surface area (Å²) < 4.78 is 5.38. The highest BCUT2D eigenvalue weighted by atomic mass is 32.2. The van der Waals surface area contributed by atoms with Gasteiger partial charge in [-0.3, -0.25) is 4.79 Å². The number of carbonyl (C=O) groups excluding carboxylic acids is 1. The number of benzene rings is 1. The maximum atomic E-state index is 11.8. The lowest BCUT2D eigenvalue weighted by Gasteiger charge is -2.38. The van der Waals surface area contributed by atoms with Gasteiger partial charge in [-0.25, -0.2) is 0 Å². The standard InChI is InChI=1S/C15H22N2O2S/c1-17-15(14(16)18)9-5-6-11(10-15)20-13-8-4-3-7-12(13)19-2/h3-4,7-8,11,17H,5-6,9-10H2,1-2H3,(H2,16,18). The predicted octanol–water partition coefficient (Wildman–Crippen LogP) is 2.17. The smallest absolute Gasteiger partial charge is 0.237 e. The zero-order valence-electron chi connectivity index (χ0n) is 12.0. The molecule has 1 aromatic carbocycles. The molecular weight excluding hydrogens is 272 g/mol. The van der Waals surface area contributed by atoms with Crippen LogP contribution in [0, 0.1) is 0 Å². The van der Waals surface area contributed by atoms with Crippen molar-refractivity contribution in [2.75, 3.05) is 14.2 Å². The van der Waals surface area contributed by atoms with Crippen LogP contribution in [0.25, 0.3) is 0 Å². The maximum Gasteiger partial charge on any atom is 0.237 e. The summed E-state index contributed by atoms with van der Waals surface area (Å²) in [5.41, 5.74) is 5.03. The van der Waals surface area contributed by atoms with Crippen LogP contribution in [0.15, 0.2) is 29.2 Å². The molecule has 1 aliphatic rings. The molecule has 1 aromatic rings. The van der Waals surface area contributed by atoms with Gasteiger partial charge in [0, 0.05) is 10.1 Å². The predicted molar refractivity (Wildman–Crippen MR) is 82.1 cm³/mol. The highest BCUT2D eigenvalue weighted by Gasteiger charge is 2.40. The van der Waals surface area contributed by atoms with Crippen molar-refractivity contribution >= 4 is 17.7 Å². The van der Waals surface area contributed by atoms with Crippen molar-refractivity contribution in [2.45, 2.75) is 41.4 Å². The van der Waals surface area contributed by atoms with Gasteiger partial charge in [-0.1, -0.05) is 12.1 Å². The minimum absolute atomic E-state index is 0.245. The van der Waals surface area contributed by atoms with E-state index in [4.69, 9.17) is 10.5 Å². The third-order valence-electron chi connectivity index (χ3n) is 4.02. The van der Waals surface area contributed by atoms with Crippen LogP contribution >= 0.6 is 11.8 Å². The Bertz CT molecular complexity index is 481. The number of nitrogens with one attached hydrogen (secondary N) is 1. The second-order valence-corrected chi connectivity index (χ2v) is 6.53. The van der Waals surface area contributed by atoms with Crippen molar-refractivity contribution in [2.24, 2.45) is 5.73 Å². The molecule has 0 spiro atoms. The molecule has 0 radical (unpaired) electrons. The molecule has 1 saturated carbocycles. The van der Waals surface area contributed by atoms with Crippen molar-refractivity contribution in [3.63, 3.8) is 0 Å². The van der Waals surface area contributed by atoms with E-state index >= 15 is 0 Å². The van der Waals surface area contributed by atoms with Crippen molar-refractivity contribution in [1.29, 1.82) is 0 Å². The fraction of sp³-hybridized carbons (Fsp3) is 0.533. The minimum Gasteiger partial charge on any atom is -0.496 e. The Hall–Kier alpha value is -1.20. The monoisotopic (exact) mass is 294 g/mol. The highest BCUT2D eigenvalue weighted by molar-refractivity contribution is 8.00. The molecule has 0 aromatic heterocycles. The lowest BCUT2D eigenvalue weighted by atomic mass is 9.81. The molecule has 1 amide bonds. The molecule has 0 bridgehead atoms. The van der Waals surface area contributed by atoms with E-state index in [-0.39, 0.29) is 5.91 Å². The molecule has 0 heterocycles. The number of amides is 1. The van der Waals surface area contributed by atoms with Gasteiger partial charge in [0.2, 0.25) is 5.91 Å². The van der Waals surface area contributed by atoms with Crippen LogP contribution in [0.5, 0.6) is 5.75 Å². The van der Waals surface area contributed by atoms with Gasteiger partial charge in [0.15, 0.2) is 0 Å². The number of hydrogen-bond acceptors (Lipinski definition) is 4. The number of nitrogens with two attached hydrogens (primary N) is 1. The number of likely N-dealkylation sites (N-methyl/N-ethyl adjacent to an activating group) is 1. The summed E-state index contributed by atoms with van der Waals surface area (Å²) in [6, 6.07) is 7.99. The first-order valence-corrected chi connectivity index (χ1v) is 7.78. The fourth-order valence-electron chi connectivity index (χ4n) is 2.79. The van der Waals surface area contributed by atoms with Crippen LogP contribution in [-0.2, 0) is 4.79 Å². The van der Waals surface area contributed by atoms with Crippen molar-refractivity contribution in [3.05, 3.63) is 24.3 Å². The first-order valence-electron chi connectivity index (χ1n) is 6.90. The van der Waals surface area contributed by atoms with Crippen LogP contribution in [0.1, 0.15) is 25.7 Å². The molecule has 1 fully saturated rings. The van der Waals surface area contributed by atoms with E-state index in [9.17, 15) is 4.79 Å². The summed E-state index contributed by atoms with van der Waals surface area (Å²) in [6.07, 6.45) is 3.69. The van der Waals surface area contributed by atoms with Crippen molar-refractivity contribution in [1.82, 2.24) is 5.32 Å². The zero-order valence-corrected chi connectivity index (χ0v) is 12.8. The summed E-state index contributed by atoms with van der Waals surface area (Å²) in [5.74, 6) is 0.641. The molecule has 2 unspecified atom stereocenters. The first kappa shape index (κ1) is 15.2. The average molecular weight is 294 g/mol. The van der Waals surface area contributed by atoms with E-state index in [0.29, 0.717) is 5.25 Å². The van der Waals surface area contributed by atoms with Crippen LogP contribution in [0.3, 0.4) is 0 Å². The van der Waals surface area contributed by atoms with E-state index in [1.165, 1.54) is 0 Å². The van der Waals surface area contributed by atoms with Gasteiger partial charge >= 0.3 is 0 Å². The summed E-state index contributed by atoms with van der Waals surface area (Å²) in [7, 11) is 3.50. The number of para-hydroxylation sites is 1. The Labute approximate surface area is 124 Å². The molecule has 3 N–H and O–H groups in total. The molecule has 0 saturated heterocycles. The van der Waals surface area contributed by atoms with Gasteiger partial charge in [-0.15, -0.1) is 11.8 Å². The summed E-state index contributed by atoms with van der Waals surface area (Å²) in [4.78, 5) is 12.9. The van der Waals surface area contributed by atoms with E-state index in [1.807, 2.05) is 25.2 Å². The molecule has 2 atom stereocenters. The topological polar surface area (TPSA) is 64.3 Å². The molecule has 4 nitrogen and oxygen atoms in total.